The van der Waals surface area contributed by atoms with Gasteiger partial charge in [0.05, 0.1) is 6.04 Å². The summed E-state index contributed by atoms with van der Waals surface area (Å²) in [7, 11) is 0. The van der Waals surface area contributed by atoms with Crippen molar-refractivity contribution in [2.24, 2.45) is 5.73 Å². The van der Waals surface area contributed by atoms with Gasteiger partial charge in [-0.15, -0.1) is 0 Å². The Morgan fingerprint density at radius 3 is 2.91 bits per heavy atom. The number of nitrogens with zero attached hydrogens (tertiary/aromatic N) is 1. The zero-order chi connectivity index (χ0) is 15.1. The van der Waals surface area contributed by atoms with Crippen LogP contribution in [0.1, 0.15) is 22.7 Å². The number of hydrogen-bond acceptors (Lipinski definition) is 1. The first-order chi connectivity index (χ1) is 10.7. The van der Waals surface area contributed by atoms with Gasteiger partial charge in [-0.05, 0) is 46.7 Å². The van der Waals surface area contributed by atoms with Crippen LogP contribution >= 0.6 is 0 Å². The highest BCUT2D eigenvalue weighted by atomic mass is 16.2. The first-order valence-corrected chi connectivity index (χ1v) is 7.45. The first-order valence-electron chi connectivity index (χ1n) is 7.45. The van der Waals surface area contributed by atoms with E-state index < -0.39 is 0 Å². The Balaban J connectivity index is 1.89. The van der Waals surface area contributed by atoms with Gasteiger partial charge in [0.25, 0.3) is 0 Å². The zero-order valence-electron chi connectivity index (χ0n) is 12.1. The summed E-state index contributed by atoms with van der Waals surface area (Å²) in [5.41, 5.74) is 10.3. The van der Waals surface area contributed by atoms with E-state index in [-0.39, 0.29) is 12.1 Å². The van der Waals surface area contributed by atoms with Gasteiger partial charge in [0.15, 0.2) is 0 Å². The number of carbonyl (C=O) groups excluding carboxylic acids is 1. The number of urea groups is 1. The number of hydrogen-bond donors (Lipinski definition) is 2. The number of benzene rings is 2. The summed E-state index contributed by atoms with van der Waals surface area (Å²) >= 11 is 0. The van der Waals surface area contributed by atoms with Crippen molar-refractivity contribution in [3.63, 3.8) is 0 Å². The molecule has 3 aromatic rings. The van der Waals surface area contributed by atoms with Crippen molar-refractivity contribution in [1.29, 1.82) is 0 Å². The maximum Gasteiger partial charge on any atom is 0.315 e. The standard InChI is InChI=1S/C18H17N3O/c19-18(22)21-10-8-12-3-1-2-4-15(12)17(21)14-5-6-16-13(11-14)7-9-20-16/h1-7,9,11,17,20H,8,10H2,(H2,19,22). The number of nitrogens with two attached hydrogens (primary N) is 1. The molecule has 22 heavy (non-hydrogen) atoms. The second kappa shape index (κ2) is 4.91. The third kappa shape index (κ3) is 1.96. The molecule has 0 bridgehead atoms. The summed E-state index contributed by atoms with van der Waals surface area (Å²) in [6.45, 7) is 0.655. The van der Waals surface area contributed by atoms with Crippen molar-refractivity contribution < 1.29 is 4.79 Å². The summed E-state index contributed by atoms with van der Waals surface area (Å²) < 4.78 is 0. The van der Waals surface area contributed by atoms with Crippen molar-refractivity contribution in [2.75, 3.05) is 6.54 Å². The normalized spacial score (nSPS) is 17.5. The number of H-pyrrole nitrogens is 1. The van der Waals surface area contributed by atoms with Gasteiger partial charge in [-0.1, -0.05) is 30.3 Å². The molecule has 0 saturated heterocycles. The van der Waals surface area contributed by atoms with E-state index in [4.69, 9.17) is 5.73 Å². The fourth-order valence-electron chi connectivity index (χ4n) is 3.41. The lowest BCUT2D eigenvalue weighted by molar-refractivity contribution is 0.190. The number of fused-ring (bicyclic) bond motifs is 2. The van der Waals surface area contributed by atoms with Gasteiger partial charge in [-0.25, -0.2) is 4.79 Å². The van der Waals surface area contributed by atoms with Crippen LogP contribution in [0.5, 0.6) is 0 Å². The molecule has 0 fully saturated rings. The average molecular weight is 291 g/mol. The van der Waals surface area contributed by atoms with Crippen LogP contribution in [0.3, 0.4) is 0 Å². The quantitative estimate of drug-likeness (QED) is 0.710. The molecule has 1 aliphatic heterocycles. The number of rotatable bonds is 1. The number of aromatic amines is 1. The Labute approximate surface area is 128 Å². The Kier molecular flexibility index (Phi) is 2.89. The predicted octanol–water partition coefficient (Wildman–Crippen LogP) is 3.19. The van der Waals surface area contributed by atoms with Crippen molar-refractivity contribution in [3.05, 3.63) is 71.4 Å². The van der Waals surface area contributed by atoms with Crippen LogP contribution in [0, 0.1) is 0 Å². The van der Waals surface area contributed by atoms with Gasteiger partial charge in [0.1, 0.15) is 0 Å². The minimum atomic E-state index is -0.367. The summed E-state index contributed by atoms with van der Waals surface area (Å²) in [6, 6.07) is 16.1. The average Bonchev–Trinajstić information content (AvgIpc) is 3.01. The van der Waals surface area contributed by atoms with Crippen molar-refractivity contribution >= 4 is 16.9 Å². The summed E-state index contributed by atoms with van der Waals surface area (Å²) in [6.07, 6.45) is 2.77. The number of carbonyl (C=O) groups is 1. The molecule has 1 aliphatic rings. The van der Waals surface area contributed by atoms with Crippen LogP contribution in [-0.4, -0.2) is 22.5 Å². The minimum absolute atomic E-state index is 0.109. The van der Waals surface area contributed by atoms with Gasteiger partial charge >= 0.3 is 6.03 Å². The van der Waals surface area contributed by atoms with Gasteiger partial charge in [-0.3, -0.25) is 0 Å². The maximum atomic E-state index is 11.9. The molecule has 4 nitrogen and oxygen atoms in total. The summed E-state index contributed by atoms with van der Waals surface area (Å²) in [4.78, 5) is 16.9. The fourth-order valence-corrected chi connectivity index (χ4v) is 3.41. The highest BCUT2D eigenvalue weighted by molar-refractivity contribution is 5.81. The second-order valence-corrected chi connectivity index (χ2v) is 5.71. The third-order valence-electron chi connectivity index (χ3n) is 4.46. The molecular formula is C18H17N3O. The molecule has 0 spiro atoms. The minimum Gasteiger partial charge on any atom is -0.361 e. The molecule has 0 saturated carbocycles. The molecule has 1 atom stereocenters. The first kappa shape index (κ1) is 13.0. The van der Waals surface area contributed by atoms with Crippen LogP contribution < -0.4 is 5.73 Å². The van der Waals surface area contributed by atoms with E-state index in [2.05, 4.69) is 35.3 Å². The van der Waals surface area contributed by atoms with Crippen LogP contribution in [0.15, 0.2) is 54.7 Å². The van der Waals surface area contributed by atoms with Crippen LogP contribution in [0.2, 0.25) is 0 Å². The number of nitrogens with one attached hydrogen (secondary N) is 1. The molecule has 2 amide bonds. The molecule has 4 rings (SSSR count). The van der Waals surface area contributed by atoms with Gasteiger partial charge < -0.3 is 15.6 Å². The molecule has 1 aromatic heterocycles. The Bertz CT molecular complexity index is 852. The molecule has 4 heteroatoms. The summed E-state index contributed by atoms with van der Waals surface area (Å²) in [5.74, 6) is 0. The van der Waals surface area contributed by atoms with E-state index >= 15 is 0 Å². The molecule has 1 unspecified atom stereocenters. The number of aromatic nitrogens is 1. The molecule has 2 heterocycles. The highest BCUT2D eigenvalue weighted by Crippen LogP contribution is 2.35. The second-order valence-electron chi connectivity index (χ2n) is 5.71. The molecule has 0 radical (unpaired) electrons. The maximum absolute atomic E-state index is 11.9. The predicted molar refractivity (Wildman–Crippen MR) is 86.6 cm³/mol. The van der Waals surface area contributed by atoms with E-state index in [9.17, 15) is 4.79 Å². The SMILES string of the molecule is NC(=O)N1CCc2ccccc2C1c1ccc2[nH]ccc2c1. The lowest BCUT2D eigenvalue weighted by Crippen LogP contribution is -2.43. The van der Waals surface area contributed by atoms with Gasteiger partial charge in [0, 0.05) is 18.3 Å². The molecule has 3 N–H and O–H groups in total. The van der Waals surface area contributed by atoms with E-state index in [1.165, 1.54) is 11.1 Å². The molecule has 0 aliphatic carbocycles. The van der Waals surface area contributed by atoms with E-state index in [0.717, 1.165) is 22.9 Å². The van der Waals surface area contributed by atoms with Crippen LogP contribution in [-0.2, 0) is 6.42 Å². The van der Waals surface area contributed by atoms with Crippen molar-refractivity contribution in [3.8, 4) is 0 Å². The molecular weight excluding hydrogens is 274 g/mol. The van der Waals surface area contributed by atoms with E-state index in [1.54, 1.807) is 4.90 Å². The smallest absolute Gasteiger partial charge is 0.315 e. The van der Waals surface area contributed by atoms with Crippen LogP contribution in [0.4, 0.5) is 4.79 Å². The zero-order valence-corrected chi connectivity index (χ0v) is 12.1. The Morgan fingerprint density at radius 2 is 2.05 bits per heavy atom. The molecule has 2 aromatic carbocycles. The van der Waals surface area contributed by atoms with E-state index in [0.29, 0.717) is 6.54 Å². The third-order valence-corrected chi connectivity index (χ3v) is 4.46. The highest BCUT2D eigenvalue weighted by Gasteiger charge is 2.30. The lowest BCUT2D eigenvalue weighted by atomic mass is 9.88. The Morgan fingerprint density at radius 1 is 1.18 bits per heavy atom. The van der Waals surface area contributed by atoms with Crippen molar-refractivity contribution in [2.45, 2.75) is 12.5 Å². The van der Waals surface area contributed by atoms with Gasteiger partial charge in [0.2, 0.25) is 0 Å². The van der Waals surface area contributed by atoms with Crippen LogP contribution in [0.25, 0.3) is 10.9 Å². The monoisotopic (exact) mass is 291 g/mol. The largest absolute Gasteiger partial charge is 0.361 e. The topological polar surface area (TPSA) is 62.1 Å². The van der Waals surface area contributed by atoms with Crippen molar-refractivity contribution in [1.82, 2.24) is 9.88 Å². The Hall–Kier alpha value is -2.75. The summed E-state index contributed by atoms with van der Waals surface area (Å²) in [5, 5.41) is 1.14. The number of primary amides is 1. The lowest BCUT2D eigenvalue weighted by Gasteiger charge is -2.36. The number of amides is 2. The van der Waals surface area contributed by atoms with E-state index in [1.807, 2.05) is 24.4 Å². The molecule has 110 valence electrons. The van der Waals surface area contributed by atoms with Gasteiger partial charge in [-0.2, -0.15) is 0 Å². The fraction of sp³-hybridized carbons (Fsp3) is 0.167.